The molecule has 0 spiro atoms. The van der Waals surface area contributed by atoms with Crippen LogP contribution in [-0.2, 0) is 4.74 Å². The highest BCUT2D eigenvalue weighted by atomic mass is 32.1. The maximum Gasteiger partial charge on any atom is 0.0714 e. The molecule has 0 aromatic carbocycles. The lowest BCUT2D eigenvalue weighted by molar-refractivity contribution is 0.0559. The molecule has 1 rings (SSSR count). The Hall–Kier alpha value is 0.270. The van der Waals surface area contributed by atoms with Gasteiger partial charge in [0.1, 0.15) is 0 Å². The van der Waals surface area contributed by atoms with Crippen LogP contribution < -0.4 is 0 Å². The Morgan fingerprint density at radius 2 is 2.12 bits per heavy atom. The normalized spacial score (nSPS) is 24.2. The van der Waals surface area contributed by atoms with Crippen molar-refractivity contribution >= 4 is 12.6 Å². The lowest BCUT2D eigenvalue weighted by atomic mass is 10.2. The number of thiol groups is 1. The summed E-state index contributed by atoms with van der Waals surface area (Å²) in [6.07, 6.45) is 3.99. The molecule has 0 amide bonds. The minimum absolute atomic E-state index is 0.481. The van der Waals surface area contributed by atoms with E-state index in [-0.39, 0.29) is 0 Å². The molecule has 1 unspecified atom stereocenters. The van der Waals surface area contributed by atoms with Crippen LogP contribution in [0.2, 0.25) is 0 Å². The first kappa shape index (κ1) is 14.3. The van der Waals surface area contributed by atoms with Crippen molar-refractivity contribution in [3.8, 4) is 0 Å². The van der Waals surface area contributed by atoms with Crippen LogP contribution in [0.25, 0.3) is 0 Å². The van der Waals surface area contributed by atoms with Crippen molar-refractivity contribution in [3.63, 3.8) is 0 Å². The fourth-order valence-corrected chi connectivity index (χ4v) is 2.43. The molecule has 3 heteroatoms. The summed E-state index contributed by atoms with van der Waals surface area (Å²) in [5.41, 5.74) is 0. The number of hydrogen-bond acceptors (Lipinski definition) is 3. The summed E-state index contributed by atoms with van der Waals surface area (Å²) in [6.45, 7) is 11.2. The Balaban J connectivity index is 2.03. The highest BCUT2D eigenvalue weighted by Crippen LogP contribution is 2.15. The summed E-state index contributed by atoms with van der Waals surface area (Å²) in [6, 6.07) is 0. The largest absolute Gasteiger partial charge is 0.377 e. The van der Waals surface area contributed by atoms with E-state index in [1.165, 1.54) is 19.5 Å². The van der Waals surface area contributed by atoms with E-state index in [9.17, 15) is 0 Å². The topological polar surface area (TPSA) is 12.5 Å². The number of ether oxygens (including phenoxy) is 1. The van der Waals surface area contributed by atoms with Crippen LogP contribution in [0.1, 0.15) is 40.0 Å². The van der Waals surface area contributed by atoms with Gasteiger partial charge in [0.15, 0.2) is 0 Å². The van der Waals surface area contributed by atoms with Crippen LogP contribution in [0.3, 0.4) is 0 Å². The predicted molar refractivity (Wildman–Crippen MR) is 73.3 cm³/mol. The minimum atomic E-state index is 0.481. The lowest BCUT2D eigenvalue weighted by Crippen LogP contribution is -2.27. The Kier molecular flexibility index (Phi) is 6.78. The van der Waals surface area contributed by atoms with Crippen LogP contribution in [0.5, 0.6) is 0 Å². The summed E-state index contributed by atoms with van der Waals surface area (Å²) in [5.74, 6) is 0.767. The summed E-state index contributed by atoms with van der Waals surface area (Å²) in [4.78, 5) is 2.52. The van der Waals surface area contributed by atoms with E-state index >= 15 is 0 Å². The number of hydrogen-bond donors (Lipinski definition) is 1. The second-order valence-electron chi connectivity index (χ2n) is 5.43. The van der Waals surface area contributed by atoms with E-state index in [1.807, 2.05) is 0 Å². The van der Waals surface area contributed by atoms with Gasteiger partial charge in [0.05, 0.1) is 6.10 Å². The average molecular weight is 245 g/mol. The molecule has 0 N–H and O–H groups in total. The fourth-order valence-electron chi connectivity index (χ4n) is 2.24. The SMILES string of the molecule is CC(C)CN1CC[C@H](OCCCC(C)S)C1. The molecule has 0 aromatic rings. The van der Waals surface area contributed by atoms with E-state index in [2.05, 4.69) is 38.3 Å². The van der Waals surface area contributed by atoms with Crippen molar-refractivity contribution in [2.24, 2.45) is 5.92 Å². The van der Waals surface area contributed by atoms with Gasteiger partial charge in [-0.3, -0.25) is 0 Å². The standard InChI is InChI=1S/C13H27NOS/c1-11(2)9-14-7-6-13(10-14)15-8-4-5-12(3)16/h11-13,16H,4-10H2,1-3H3/t12?,13-/m0/s1. The summed E-state index contributed by atoms with van der Waals surface area (Å²) in [7, 11) is 0. The Labute approximate surface area is 106 Å². The number of nitrogens with zero attached hydrogens (tertiary/aromatic N) is 1. The van der Waals surface area contributed by atoms with Gasteiger partial charge in [-0.1, -0.05) is 20.8 Å². The minimum Gasteiger partial charge on any atom is -0.377 e. The maximum atomic E-state index is 5.89. The number of rotatable bonds is 7. The highest BCUT2D eigenvalue weighted by molar-refractivity contribution is 7.80. The third kappa shape index (κ3) is 6.12. The molecule has 1 fully saturated rings. The van der Waals surface area contributed by atoms with Gasteiger partial charge >= 0.3 is 0 Å². The first-order valence-electron chi connectivity index (χ1n) is 6.60. The van der Waals surface area contributed by atoms with E-state index in [0.717, 1.165) is 31.9 Å². The molecule has 16 heavy (non-hydrogen) atoms. The summed E-state index contributed by atoms with van der Waals surface area (Å²) >= 11 is 4.37. The number of likely N-dealkylation sites (tertiary alicyclic amines) is 1. The van der Waals surface area contributed by atoms with Crippen molar-refractivity contribution in [1.29, 1.82) is 0 Å². The van der Waals surface area contributed by atoms with Crippen LogP contribution in [0, 0.1) is 5.92 Å². The van der Waals surface area contributed by atoms with Gasteiger partial charge in [0.25, 0.3) is 0 Å². The van der Waals surface area contributed by atoms with Crippen molar-refractivity contribution in [1.82, 2.24) is 4.90 Å². The van der Waals surface area contributed by atoms with Gasteiger partial charge in [-0.05, 0) is 30.4 Å². The van der Waals surface area contributed by atoms with Gasteiger partial charge in [0, 0.05) is 26.2 Å². The molecule has 0 aromatic heterocycles. The molecule has 1 heterocycles. The van der Waals surface area contributed by atoms with Crippen LogP contribution in [0.15, 0.2) is 0 Å². The van der Waals surface area contributed by atoms with E-state index in [1.54, 1.807) is 0 Å². The molecule has 2 nitrogen and oxygen atoms in total. The van der Waals surface area contributed by atoms with Crippen molar-refractivity contribution in [2.45, 2.75) is 51.4 Å². The monoisotopic (exact) mass is 245 g/mol. The molecular formula is C13H27NOS. The molecular weight excluding hydrogens is 218 g/mol. The fraction of sp³-hybridized carbons (Fsp3) is 1.00. The van der Waals surface area contributed by atoms with Crippen LogP contribution >= 0.6 is 12.6 Å². The zero-order valence-corrected chi connectivity index (χ0v) is 11.9. The molecule has 1 aliphatic rings. The second kappa shape index (κ2) is 7.57. The Bertz CT molecular complexity index is 185. The molecule has 1 aliphatic heterocycles. The molecule has 96 valence electrons. The average Bonchev–Trinajstić information content (AvgIpc) is 2.59. The Morgan fingerprint density at radius 3 is 2.75 bits per heavy atom. The van der Waals surface area contributed by atoms with Gasteiger partial charge < -0.3 is 9.64 Å². The Morgan fingerprint density at radius 1 is 1.38 bits per heavy atom. The first-order chi connectivity index (χ1) is 7.58. The van der Waals surface area contributed by atoms with E-state index < -0.39 is 0 Å². The molecule has 1 saturated heterocycles. The molecule has 0 aliphatic carbocycles. The molecule has 2 atom stereocenters. The first-order valence-corrected chi connectivity index (χ1v) is 7.11. The van der Waals surface area contributed by atoms with Gasteiger partial charge in [-0.25, -0.2) is 0 Å². The van der Waals surface area contributed by atoms with Crippen molar-refractivity contribution < 1.29 is 4.74 Å². The predicted octanol–water partition coefficient (Wildman–Crippen LogP) is 2.83. The highest BCUT2D eigenvalue weighted by Gasteiger charge is 2.22. The zero-order valence-electron chi connectivity index (χ0n) is 11.0. The third-order valence-electron chi connectivity index (χ3n) is 2.97. The third-order valence-corrected chi connectivity index (χ3v) is 3.23. The van der Waals surface area contributed by atoms with Crippen molar-refractivity contribution in [2.75, 3.05) is 26.2 Å². The van der Waals surface area contributed by atoms with E-state index in [4.69, 9.17) is 4.74 Å². The second-order valence-corrected chi connectivity index (χ2v) is 6.31. The van der Waals surface area contributed by atoms with Crippen molar-refractivity contribution in [3.05, 3.63) is 0 Å². The maximum absolute atomic E-state index is 5.89. The lowest BCUT2D eigenvalue weighted by Gasteiger charge is -2.18. The smallest absolute Gasteiger partial charge is 0.0714 e. The molecule has 0 bridgehead atoms. The van der Waals surface area contributed by atoms with Crippen LogP contribution in [-0.4, -0.2) is 42.5 Å². The molecule has 0 radical (unpaired) electrons. The zero-order chi connectivity index (χ0) is 12.0. The quantitative estimate of drug-likeness (QED) is 0.547. The molecule has 0 saturated carbocycles. The van der Waals surface area contributed by atoms with E-state index in [0.29, 0.717) is 11.4 Å². The van der Waals surface area contributed by atoms with Gasteiger partial charge in [-0.2, -0.15) is 12.6 Å². The van der Waals surface area contributed by atoms with Gasteiger partial charge in [0.2, 0.25) is 0 Å². The summed E-state index contributed by atoms with van der Waals surface area (Å²) < 4.78 is 5.89. The van der Waals surface area contributed by atoms with Crippen LogP contribution in [0.4, 0.5) is 0 Å². The van der Waals surface area contributed by atoms with Gasteiger partial charge in [-0.15, -0.1) is 0 Å². The summed E-state index contributed by atoms with van der Waals surface area (Å²) in [5, 5.41) is 0.504.